The number of halogens is 2. The van der Waals surface area contributed by atoms with Gasteiger partial charge >= 0.3 is 0 Å². The van der Waals surface area contributed by atoms with Gasteiger partial charge in [0, 0.05) is 45.3 Å². The summed E-state index contributed by atoms with van der Waals surface area (Å²) in [7, 11) is 4.49. The summed E-state index contributed by atoms with van der Waals surface area (Å²) in [4.78, 5) is 7.33. The van der Waals surface area contributed by atoms with E-state index in [1.807, 2.05) is 0 Å². The first-order valence-electron chi connectivity index (χ1n) is 10.9. The average molecular weight is 448 g/mol. The van der Waals surface area contributed by atoms with E-state index in [0.29, 0.717) is 12.6 Å². The fourth-order valence-electron chi connectivity index (χ4n) is 4.82. The third-order valence-electron chi connectivity index (χ3n) is 6.85. The molecule has 30 heavy (non-hydrogen) atoms. The van der Waals surface area contributed by atoms with Gasteiger partial charge in [-0.05, 0) is 24.7 Å². The van der Waals surface area contributed by atoms with Crippen LogP contribution in [0.2, 0.25) is 0 Å². The minimum atomic E-state index is -0.909. The summed E-state index contributed by atoms with van der Waals surface area (Å²) in [5.41, 5.74) is 2.64. The number of quaternary nitrogens is 1. The normalized spacial score (nSPS) is 32.9. The molecule has 0 spiro atoms. The van der Waals surface area contributed by atoms with Gasteiger partial charge in [0.15, 0.2) is 0 Å². The highest BCUT2D eigenvalue weighted by Crippen LogP contribution is 2.35. The number of hydrogen-bond acceptors (Lipinski definition) is 3. The van der Waals surface area contributed by atoms with Gasteiger partial charge in [0.25, 0.3) is 0 Å². The zero-order chi connectivity index (χ0) is 21.2. The minimum Gasteiger partial charge on any atom is -0.297 e. The molecule has 2 aromatic carbocycles. The molecule has 162 valence electrons. The maximum Gasteiger partial charge on any atom is 0.220 e. The van der Waals surface area contributed by atoms with Crippen LogP contribution in [0, 0.1) is 0 Å². The lowest BCUT2D eigenvalue weighted by atomic mass is 10.0. The highest BCUT2D eigenvalue weighted by Gasteiger charge is 2.44. The molecule has 2 aliphatic rings. The quantitative estimate of drug-likeness (QED) is 0.390. The van der Waals surface area contributed by atoms with Crippen LogP contribution >= 0.6 is 23.2 Å². The van der Waals surface area contributed by atoms with Crippen molar-refractivity contribution in [3.63, 3.8) is 0 Å². The minimum absolute atomic E-state index is 0.362. The van der Waals surface area contributed by atoms with E-state index in [1.54, 1.807) is 0 Å². The Morgan fingerprint density at radius 2 is 1.50 bits per heavy atom. The van der Waals surface area contributed by atoms with Gasteiger partial charge in [0.2, 0.25) is 4.46 Å². The molecular weight excluding hydrogens is 415 g/mol. The van der Waals surface area contributed by atoms with E-state index < -0.39 is 4.46 Å². The summed E-state index contributed by atoms with van der Waals surface area (Å²) in [5, 5.41) is 0. The molecule has 0 aromatic heterocycles. The van der Waals surface area contributed by atoms with Crippen LogP contribution in [0.5, 0.6) is 0 Å². The Labute approximate surface area is 191 Å². The number of fused-ring (bicyclic) bond motifs is 3. The van der Waals surface area contributed by atoms with Crippen molar-refractivity contribution in [1.82, 2.24) is 19.2 Å². The largest absolute Gasteiger partial charge is 0.297 e. The Morgan fingerprint density at radius 1 is 0.867 bits per heavy atom. The first-order chi connectivity index (χ1) is 14.4. The van der Waals surface area contributed by atoms with Crippen LogP contribution in [0.3, 0.4) is 0 Å². The third kappa shape index (κ3) is 4.85. The molecule has 2 saturated heterocycles. The molecule has 2 aliphatic heterocycles. The predicted octanol–water partition coefficient (Wildman–Crippen LogP) is 4.06. The highest BCUT2D eigenvalue weighted by molar-refractivity contribution is 6.48. The number of para-hydroxylation sites is 1. The molecule has 2 bridgehead atoms. The van der Waals surface area contributed by atoms with Crippen LogP contribution in [0.25, 0.3) is 0 Å². The Morgan fingerprint density at radius 3 is 2.20 bits per heavy atom. The zero-order valence-electron chi connectivity index (χ0n) is 18.1. The molecule has 2 fully saturated rings. The number of nitrogens with zero attached hydrogens (tertiary/aromatic N) is 4. The lowest BCUT2D eigenvalue weighted by molar-refractivity contribution is 0.146. The molecule has 4 atom stereocenters. The van der Waals surface area contributed by atoms with Gasteiger partial charge < -0.3 is 0 Å². The van der Waals surface area contributed by atoms with Crippen molar-refractivity contribution < 1.29 is 0 Å². The first-order valence-corrected chi connectivity index (χ1v) is 11.6. The zero-order valence-corrected chi connectivity index (χ0v) is 19.6. The lowest BCUT2D eigenvalue weighted by Crippen LogP contribution is -2.59. The molecule has 4 rings (SSSR count). The molecule has 0 saturated carbocycles. The van der Waals surface area contributed by atoms with Gasteiger partial charge in [0.05, 0.1) is 13.6 Å². The fraction of sp³-hybridized carbons (Fsp3) is 0.500. The van der Waals surface area contributed by atoms with Crippen molar-refractivity contribution in [3.05, 3.63) is 66.2 Å². The van der Waals surface area contributed by atoms with Gasteiger partial charge in [-0.1, -0.05) is 71.7 Å². The van der Waals surface area contributed by atoms with E-state index in [9.17, 15) is 0 Å². The van der Waals surface area contributed by atoms with Gasteiger partial charge in [-0.3, -0.25) is 19.2 Å². The van der Waals surface area contributed by atoms with E-state index in [0.717, 1.165) is 50.3 Å². The van der Waals surface area contributed by atoms with Crippen LogP contribution in [0.15, 0.2) is 60.7 Å². The summed E-state index contributed by atoms with van der Waals surface area (Å²) < 4.78 is -0.180. The first kappa shape index (κ1) is 22.1. The SMILES string of the molecule is CN1CCN2CCN(CC[N+](C)(c3ccccc3)CC2(Cl)Cl)CC1c1ccccc1. The second-order valence-corrected chi connectivity index (χ2v) is 10.4. The second kappa shape index (κ2) is 9.15. The Kier molecular flexibility index (Phi) is 6.73. The number of hydrogen-bond donors (Lipinski definition) is 0. The fourth-order valence-corrected chi connectivity index (χ4v) is 5.68. The number of alkyl halides is 2. The Hall–Kier alpha value is -1.14. The van der Waals surface area contributed by atoms with Crippen molar-refractivity contribution in [1.29, 1.82) is 0 Å². The second-order valence-electron chi connectivity index (χ2n) is 8.97. The molecule has 4 nitrogen and oxygen atoms in total. The molecule has 0 aliphatic carbocycles. The Balaban J connectivity index is 1.67. The maximum atomic E-state index is 7.07. The topological polar surface area (TPSA) is 9.72 Å². The van der Waals surface area contributed by atoms with Crippen molar-refractivity contribution in [3.8, 4) is 0 Å². The Bertz CT molecular complexity index is 816. The van der Waals surface area contributed by atoms with Crippen molar-refractivity contribution in [2.24, 2.45) is 0 Å². The number of benzene rings is 2. The van der Waals surface area contributed by atoms with Gasteiger partial charge in [-0.2, -0.15) is 0 Å². The van der Waals surface area contributed by atoms with Crippen LogP contribution in [-0.4, -0.2) is 85.6 Å². The molecule has 0 radical (unpaired) electrons. The molecule has 4 unspecified atom stereocenters. The van der Waals surface area contributed by atoms with E-state index in [-0.39, 0.29) is 0 Å². The van der Waals surface area contributed by atoms with Gasteiger partial charge in [-0.15, -0.1) is 0 Å². The van der Waals surface area contributed by atoms with Crippen molar-refractivity contribution in [2.45, 2.75) is 10.5 Å². The summed E-state index contributed by atoms with van der Waals surface area (Å²) in [6.07, 6.45) is 0. The average Bonchev–Trinajstić information content (AvgIpc) is 2.85. The number of likely N-dealkylation sites (N-methyl/N-ethyl adjacent to an activating group) is 2. The summed E-state index contributed by atoms with van der Waals surface area (Å²) in [5.74, 6) is 0. The van der Waals surface area contributed by atoms with Crippen LogP contribution < -0.4 is 4.48 Å². The smallest absolute Gasteiger partial charge is 0.220 e. The molecular formula is C24H33Cl2N4+. The molecule has 2 aromatic rings. The molecule has 0 amide bonds. The van der Waals surface area contributed by atoms with E-state index in [4.69, 9.17) is 23.2 Å². The predicted molar refractivity (Wildman–Crippen MR) is 128 cm³/mol. The standard InChI is InChI=1S/C24H33Cl2N4/c1-27-13-15-29-16-14-28(19-23(27)21-9-5-3-6-10-21)17-18-30(2,20-24(29,25)26)22-11-7-4-8-12-22/h3-12,23H,13-20H2,1-2H3/q+1. The maximum absolute atomic E-state index is 7.07. The summed E-state index contributed by atoms with van der Waals surface area (Å²) in [6, 6.07) is 21.9. The molecule has 0 N–H and O–H groups in total. The van der Waals surface area contributed by atoms with Crippen molar-refractivity contribution in [2.75, 3.05) is 66.5 Å². The molecule has 6 heteroatoms. The van der Waals surface area contributed by atoms with E-state index in [2.05, 4.69) is 89.5 Å². The van der Waals surface area contributed by atoms with Crippen LogP contribution in [0.4, 0.5) is 5.69 Å². The number of rotatable bonds is 2. The summed E-state index contributed by atoms with van der Waals surface area (Å²) in [6.45, 7) is 7.33. The molecule has 2 heterocycles. The lowest BCUT2D eigenvalue weighted by Gasteiger charge is -2.42. The van der Waals surface area contributed by atoms with Crippen molar-refractivity contribution >= 4 is 28.9 Å². The van der Waals surface area contributed by atoms with Crippen LogP contribution in [-0.2, 0) is 0 Å². The van der Waals surface area contributed by atoms with Gasteiger partial charge in [-0.25, -0.2) is 0 Å². The van der Waals surface area contributed by atoms with Gasteiger partial charge in [0.1, 0.15) is 12.2 Å². The van der Waals surface area contributed by atoms with E-state index >= 15 is 0 Å². The van der Waals surface area contributed by atoms with Crippen LogP contribution in [0.1, 0.15) is 11.6 Å². The summed E-state index contributed by atoms with van der Waals surface area (Å²) >= 11 is 14.1. The van der Waals surface area contributed by atoms with E-state index in [1.165, 1.54) is 11.3 Å². The monoisotopic (exact) mass is 447 g/mol. The highest BCUT2D eigenvalue weighted by atomic mass is 35.5. The third-order valence-corrected chi connectivity index (χ3v) is 7.56.